The van der Waals surface area contributed by atoms with Crippen LogP contribution in [0.15, 0.2) is 17.0 Å². The molecule has 0 aliphatic carbocycles. The summed E-state index contributed by atoms with van der Waals surface area (Å²) < 4.78 is 12.3. The standard InChI is InChI=1S/C6H9FN2/c1-8-6-2-5(7)3-9-4-6/h3-4,6,8H,2H2,1H3. The number of rotatable bonds is 1. The summed E-state index contributed by atoms with van der Waals surface area (Å²) in [7, 11) is 1.79. The quantitative estimate of drug-likeness (QED) is 0.556. The van der Waals surface area contributed by atoms with E-state index in [0.717, 1.165) is 0 Å². The molecule has 2 nitrogen and oxygen atoms in total. The molecular weight excluding hydrogens is 119 g/mol. The van der Waals surface area contributed by atoms with Crippen LogP contribution in [0.25, 0.3) is 0 Å². The number of halogens is 1. The molecule has 1 heterocycles. The highest BCUT2D eigenvalue weighted by atomic mass is 19.1. The Morgan fingerprint density at radius 2 is 2.67 bits per heavy atom. The molecule has 3 heteroatoms. The van der Waals surface area contributed by atoms with Gasteiger partial charge in [0.15, 0.2) is 0 Å². The molecule has 1 atom stereocenters. The third-order valence-electron chi connectivity index (χ3n) is 1.27. The fourth-order valence-electron chi connectivity index (χ4n) is 0.720. The number of nitrogens with one attached hydrogen (secondary N) is 1. The Morgan fingerprint density at radius 3 is 3.11 bits per heavy atom. The number of aliphatic imine (C=N–C) groups is 1. The van der Waals surface area contributed by atoms with Crippen LogP contribution >= 0.6 is 0 Å². The van der Waals surface area contributed by atoms with Gasteiger partial charge in [-0.1, -0.05) is 0 Å². The van der Waals surface area contributed by atoms with Gasteiger partial charge >= 0.3 is 0 Å². The minimum Gasteiger partial charge on any atom is -0.312 e. The van der Waals surface area contributed by atoms with Crippen molar-refractivity contribution in [1.82, 2.24) is 5.32 Å². The number of nitrogens with zero attached hydrogens (tertiary/aromatic N) is 1. The van der Waals surface area contributed by atoms with Gasteiger partial charge in [0.25, 0.3) is 0 Å². The highest BCUT2D eigenvalue weighted by Crippen LogP contribution is 2.09. The molecule has 0 spiro atoms. The first-order valence-corrected chi connectivity index (χ1v) is 2.88. The van der Waals surface area contributed by atoms with Crippen LogP contribution in [-0.4, -0.2) is 19.3 Å². The van der Waals surface area contributed by atoms with Gasteiger partial charge < -0.3 is 5.32 Å². The summed E-state index contributed by atoms with van der Waals surface area (Å²) >= 11 is 0. The monoisotopic (exact) mass is 128 g/mol. The zero-order valence-electron chi connectivity index (χ0n) is 5.26. The largest absolute Gasteiger partial charge is 0.312 e. The number of hydrogen-bond acceptors (Lipinski definition) is 2. The minimum absolute atomic E-state index is 0.0787. The van der Waals surface area contributed by atoms with Crippen LogP contribution in [0.5, 0.6) is 0 Å². The van der Waals surface area contributed by atoms with E-state index in [1.165, 1.54) is 6.20 Å². The Bertz CT molecular complexity index is 151. The van der Waals surface area contributed by atoms with Gasteiger partial charge in [-0.15, -0.1) is 0 Å². The Morgan fingerprint density at radius 1 is 1.89 bits per heavy atom. The molecule has 0 saturated heterocycles. The molecule has 0 radical (unpaired) electrons. The van der Waals surface area contributed by atoms with Crippen LogP contribution in [0.2, 0.25) is 0 Å². The molecule has 0 saturated carbocycles. The Kier molecular flexibility index (Phi) is 1.95. The van der Waals surface area contributed by atoms with E-state index in [9.17, 15) is 4.39 Å². The van der Waals surface area contributed by atoms with Crippen molar-refractivity contribution in [1.29, 1.82) is 0 Å². The van der Waals surface area contributed by atoms with E-state index in [4.69, 9.17) is 0 Å². The molecule has 9 heavy (non-hydrogen) atoms. The molecule has 0 bridgehead atoms. The van der Waals surface area contributed by atoms with Gasteiger partial charge in [0.2, 0.25) is 0 Å². The lowest BCUT2D eigenvalue weighted by molar-refractivity contribution is 0.543. The lowest BCUT2D eigenvalue weighted by Crippen LogP contribution is -2.27. The van der Waals surface area contributed by atoms with Gasteiger partial charge in [-0.25, -0.2) is 4.39 Å². The van der Waals surface area contributed by atoms with Crippen LogP contribution in [0.1, 0.15) is 6.42 Å². The first kappa shape index (κ1) is 6.42. The molecular formula is C6H9FN2. The summed E-state index contributed by atoms with van der Waals surface area (Å²) in [6.07, 6.45) is 3.37. The number of hydrogen-bond donors (Lipinski definition) is 1. The summed E-state index contributed by atoms with van der Waals surface area (Å²) in [6, 6.07) is 0.0787. The zero-order chi connectivity index (χ0) is 6.69. The SMILES string of the molecule is CNC1C=NC=C(F)C1. The fourth-order valence-corrected chi connectivity index (χ4v) is 0.720. The van der Waals surface area contributed by atoms with E-state index in [-0.39, 0.29) is 11.9 Å². The van der Waals surface area contributed by atoms with Crippen molar-refractivity contribution in [3.63, 3.8) is 0 Å². The molecule has 1 aliphatic heterocycles. The maximum Gasteiger partial charge on any atom is 0.120 e. The van der Waals surface area contributed by atoms with Gasteiger partial charge in [0.1, 0.15) is 5.83 Å². The van der Waals surface area contributed by atoms with E-state index < -0.39 is 0 Å². The maximum atomic E-state index is 12.3. The van der Waals surface area contributed by atoms with Gasteiger partial charge in [-0.3, -0.25) is 4.99 Å². The molecule has 1 unspecified atom stereocenters. The van der Waals surface area contributed by atoms with E-state index in [1.54, 1.807) is 13.3 Å². The highest BCUT2D eigenvalue weighted by Gasteiger charge is 2.08. The van der Waals surface area contributed by atoms with Gasteiger partial charge in [0, 0.05) is 18.7 Å². The summed E-state index contributed by atoms with van der Waals surface area (Å²) in [5, 5.41) is 2.90. The molecule has 1 rings (SSSR count). The van der Waals surface area contributed by atoms with Gasteiger partial charge in [-0.05, 0) is 7.05 Å². The van der Waals surface area contributed by atoms with Gasteiger partial charge in [0.05, 0.1) is 6.20 Å². The topological polar surface area (TPSA) is 24.4 Å². The van der Waals surface area contributed by atoms with Crippen LogP contribution in [0, 0.1) is 0 Å². The van der Waals surface area contributed by atoms with Crippen LogP contribution < -0.4 is 5.32 Å². The van der Waals surface area contributed by atoms with Crippen LogP contribution in [-0.2, 0) is 0 Å². The van der Waals surface area contributed by atoms with Crippen molar-refractivity contribution in [3.05, 3.63) is 12.0 Å². The zero-order valence-corrected chi connectivity index (χ0v) is 5.26. The average molecular weight is 128 g/mol. The summed E-state index contributed by atoms with van der Waals surface area (Å²) in [4.78, 5) is 3.69. The lowest BCUT2D eigenvalue weighted by Gasteiger charge is -2.10. The molecule has 0 fully saturated rings. The van der Waals surface area contributed by atoms with Crippen molar-refractivity contribution < 1.29 is 4.39 Å². The van der Waals surface area contributed by atoms with Crippen LogP contribution in [0.3, 0.4) is 0 Å². The maximum absolute atomic E-state index is 12.3. The van der Waals surface area contributed by atoms with Gasteiger partial charge in [-0.2, -0.15) is 0 Å². The normalized spacial score (nSPS) is 26.0. The Labute approximate surface area is 53.5 Å². The second kappa shape index (κ2) is 2.73. The minimum atomic E-state index is -0.156. The van der Waals surface area contributed by atoms with Crippen molar-refractivity contribution in [3.8, 4) is 0 Å². The molecule has 0 amide bonds. The second-order valence-corrected chi connectivity index (χ2v) is 1.97. The highest BCUT2D eigenvalue weighted by molar-refractivity contribution is 5.66. The Balaban J connectivity index is 2.51. The van der Waals surface area contributed by atoms with Crippen molar-refractivity contribution in [2.24, 2.45) is 4.99 Å². The van der Waals surface area contributed by atoms with E-state index >= 15 is 0 Å². The first-order chi connectivity index (χ1) is 4.33. The second-order valence-electron chi connectivity index (χ2n) is 1.97. The van der Waals surface area contributed by atoms with Crippen molar-refractivity contribution in [2.75, 3.05) is 7.05 Å². The molecule has 1 N–H and O–H groups in total. The predicted molar refractivity (Wildman–Crippen MR) is 35.1 cm³/mol. The van der Waals surface area contributed by atoms with E-state index in [1.807, 2.05) is 0 Å². The Hall–Kier alpha value is -0.700. The van der Waals surface area contributed by atoms with Crippen molar-refractivity contribution >= 4 is 6.21 Å². The summed E-state index contributed by atoms with van der Waals surface area (Å²) in [5.41, 5.74) is 0. The molecule has 1 aliphatic rings. The molecule has 0 aromatic heterocycles. The summed E-state index contributed by atoms with van der Waals surface area (Å²) in [5.74, 6) is -0.156. The predicted octanol–water partition coefficient (Wildman–Crippen LogP) is 0.860. The molecule has 50 valence electrons. The van der Waals surface area contributed by atoms with E-state index in [0.29, 0.717) is 6.42 Å². The summed E-state index contributed by atoms with van der Waals surface area (Å²) in [6.45, 7) is 0. The molecule has 0 aromatic rings. The third kappa shape index (κ3) is 1.61. The fraction of sp³-hybridized carbons (Fsp3) is 0.500. The smallest absolute Gasteiger partial charge is 0.120 e. The van der Waals surface area contributed by atoms with Crippen molar-refractivity contribution in [2.45, 2.75) is 12.5 Å². The lowest BCUT2D eigenvalue weighted by atomic mass is 10.2. The van der Waals surface area contributed by atoms with E-state index in [2.05, 4.69) is 10.3 Å². The average Bonchev–Trinajstić information content (AvgIpc) is 1.88. The third-order valence-corrected chi connectivity index (χ3v) is 1.27. The molecule has 0 aromatic carbocycles. The first-order valence-electron chi connectivity index (χ1n) is 2.88. The van der Waals surface area contributed by atoms with Crippen LogP contribution in [0.4, 0.5) is 4.39 Å².